The maximum Gasteiger partial charge on any atom is 0.417 e. The third kappa shape index (κ3) is 3.45. The molecule has 1 fully saturated rings. The lowest BCUT2D eigenvalue weighted by Gasteiger charge is -2.34. The monoisotopic (exact) mass is 495 g/mol. The van der Waals surface area contributed by atoms with E-state index in [9.17, 15) is 18.0 Å². The van der Waals surface area contributed by atoms with E-state index in [1.807, 2.05) is 13.0 Å². The molecule has 0 amide bonds. The number of benzene rings is 2. The van der Waals surface area contributed by atoms with Gasteiger partial charge in [0.05, 0.1) is 23.3 Å². The summed E-state index contributed by atoms with van der Waals surface area (Å²) in [7, 11) is 3.68. The van der Waals surface area contributed by atoms with E-state index in [4.69, 9.17) is 25.8 Å². The van der Waals surface area contributed by atoms with Crippen LogP contribution in [0.3, 0.4) is 0 Å². The summed E-state index contributed by atoms with van der Waals surface area (Å²) in [5, 5.41) is -0.458. The van der Waals surface area contributed by atoms with Gasteiger partial charge in [0.2, 0.25) is 0 Å². The van der Waals surface area contributed by atoms with Crippen LogP contribution in [-0.2, 0) is 22.9 Å². The van der Waals surface area contributed by atoms with E-state index >= 15 is 0 Å². The minimum Gasteiger partial charge on any atom is -0.493 e. The van der Waals surface area contributed by atoms with Crippen molar-refractivity contribution in [1.82, 2.24) is 4.90 Å². The molecule has 9 heteroatoms. The first-order valence-corrected chi connectivity index (χ1v) is 11.6. The summed E-state index contributed by atoms with van der Waals surface area (Å²) < 4.78 is 57.6. The molecule has 34 heavy (non-hydrogen) atoms. The molecule has 0 aromatic heterocycles. The van der Waals surface area contributed by atoms with Crippen molar-refractivity contribution in [1.29, 1.82) is 0 Å². The highest BCUT2D eigenvalue weighted by molar-refractivity contribution is 6.31. The van der Waals surface area contributed by atoms with E-state index in [-0.39, 0.29) is 23.0 Å². The third-order valence-electron chi connectivity index (χ3n) is 7.66. The van der Waals surface area contributed by atoms with Crippen LogP contribution in [0.15, 0.2) is 30.3 Å². The standard InChI is InChI=1S/C25H25ClF3NO4/c1-13-19(33-23(31)14-4-6-17(26)16(10-14)25(27,28)29)11-20-24(13)8-9-30(2)12-15-5-7-18(32-3)22(34-20)21(15)24/h4-7,10,13,19-20H,8-9,11-12H2,1-3H3/t13?,19-,20?,24-/m1/s1. The molecule has 0 bridgehead atoms. The Labute approximate surface area is 200 Å². The van der Waals surface area contributed by atoms with E-state index in [1.165, 1.54) is 6.07 Å². The lowest BCUT2D eigenvalue weighted by atomic mass is 9.69. The molecule has 1 aliphatic carbocycles. The normalized spacial score (nSPS) is 28.0. The SMILES string of the molecule is COc1ccc2c3c1OC1C[C@@H](OC(=O)c4ccc(Cl)c(C(F)(F)F)c4)C(C)[C@@]31CCN(C)C2. The van der Waals surface area contributed by atoms with Gasteiger partial charge in [0.25, 0.3) is 0 Å². The van der Waals surface area contributed by atoms with Crippen molar-refractivity contribution in [3.8, 4) is 11.5 Å². The Kier molecular flexibility index (Phi) is 5.52. The summed E-state index contributed by atoms with van der Waals surface area (Å²) in [6.07, 6.45) is -4.11. The van der Waals surface area contributed by atoms with Crippen LogP contribution in [-0.4, -0.2) is 43.8 Å². The van der Waals surface area contributed by atoms with Gasteiger partial charge < -0.3 is 19.1 Å². The van der Waals surface area contributed by atoms with Crippen molar-refractivity contribution in [2.24, 2.45) is 5.92 Å². The Bertz CT molecular complexity index is 1150. The smallest absolute Gasteiger partial charge is 0.417 e. The van der Waals surface area contributed by atoms with E-state index in [1.54, 1.807) is 7.11 Å². The molecule has 5 nitrogen and oxygen atoms in total. The van der Waals surface area contributed by atoms with Crippen LogP contribution in [0.2, 0.25) is 5.02 Å². The van der Waals surface area contributed by atoms with E-state index in [0.717, 1.165) is 48.5 Å². The number of halogens is 4. The minimum absolute atomic E-state index is 0.102. The fourth-order valence-electron chi connectivity index (χ4n) is 5.94. The van der Waals surface area contributed by atoms with Gasteiger partial charge in [-0.3, -0.25) is 0 Å². The number of esters is 1. The molecule has 2 heterocycles. The molecule has 2 aliphatic heterocycles. The Morgan fingerprint density at radius 1 is 1.26 bits per heavy atom. The van der Waals surface area contributed by atoms with Gasteiger partial charge in [0.1, 0.15) is 12.2 Å². The predicted molar refractivity (Wildman–Crippen MR) is 119 cm³/mol. The molecular weight excluding hydrogens is 471 g/mol. The molecule has 5 rings (SSSR count). The first-order valence-electron chi connectivity index (χ1n) is 11.2. The fraction of sp³-hybridized carbons (Fsp3) is 0.480. The molecule has 2 unspecified atom stereocenters. The second-order valence-electron chi connectivity index (χ2n) is 9.43. The van der Waals surface area contributed by atoms with Crippen LogP contribution >= 0.6 is 11.6 Å². The zero-order valence-corrected chi connectivity index (χ0v) is 19.8. The average Bonchev–Trinajstić information content (AvgIpc) is 3.17. The van der Waals surface area contributed by atoms with Crippen LogP contribution in [0.4, 0.5) is 13.2 Å². The molecule has 2 aromatic carbocycles. The lowest BCUT2D eigenvalue weighted by Crippen LogP contribution is -2.40. The van der Waals surface area contributed by atoms with Gasteiger partial charge in [-0.1, -0.05) is 24.6 Å². The molecule has 2 aromatic rings. The fourth-order valence-corrected chi connectivity index (χ4v) is 6.17. The Morgan fingerprint density at radius 3 is 2.74 bits per heavy atom. The first kappa shape index (κ1) is 23.3. The van der Waals surface area contributed by atoms with Crippen molar-refractivity contribution in [2.75, 3.05) is 20.7 Å². The van der Waals surface area contributed by atoms with Crippen molar-refractivity contribution in [3.05, 3.63) is 57.6 Å². The molecule has 182 valence electrons. The number of carbonyl (C=O) groups is 1. The minimum atomic E-state index is -4.66. The maximum absolute atomic E-state index is 13.3. The van der Waals surface area contributed by atoms with Crippen LogP contribution in [0.25, 0.3) is 0 Å². The Morgan fingerprint density at radius 2 is 2.03 bits per heavy atom. The topological polar surface area (TPSA) is 48.0 Å². The molecular formula is C25H25ClF3NO4. The largest absolute Gasteiger partial charge is 0.493 e. The summed E-state index contributed by atoms with van der Waals surface area (Å²) in [6, 6.07) is 7.06. The van der Waals surface area contributed by atoms with Gasteiger partial charge in [-0.2, -0.15) is 13.2 Å². The number of methoxy groups -OCH3 is 1. The molecule has 0 radical (unpaired) electrons. The third-order valence-corrected chi connectivity index (χ3v) is 7.99. The Balaban J connectivity index is 1.47. The highest BCUT2D eigenvalue weighted by Crippen LogP contribution is 2.61. The number of hydrogen-bond donors (Lipinski definition) is 0. The van der Waals surface area contributed by atoms with Gasteiger partial charge in [0.15, 0.2) is 11.5 Å². The number of rotatable bonds is 3. The van der Waals surface area contributed by atoms with Gasteiger partial charge in [-0.05, 0) is 49.8 Å². The Hall–Kier alpha value is -2.45. The van der Waals surface area contributed by atoms with Crippen LogP contribution in [0.1, 0.15) is 46.8 Å². The van der Waals surface area contributed by atoms with Crippen molar-refractivity contribution in [2.45, 2.75) is 50.1 Å². The summed E-state index contributed by atoms with van der Waals surface area (Å²) >= 11 is 5.70. The highest BCUT2D eigenvalue weighted by Gasteiger charge is 2.62. The molecule has 1 spiro atoms. The molecule has 4 atom stereocenters. The quantitative estimate of drug-likeness (QED) is 0.529. The second kappa shape index (κ2) is 8.05. The summed E-state index contributed by atoms with van der Waals surface area (Å²) in [4.78, 5) is 15.1. The molecule has 1 saturated carbocycles. The summed E-state index contributed by atoms with van der Waals surface area (Å²) in [6.45, 7) is 3.65. The number of alkyl halides is 3. The average molecular weight is 496 g/mol. The molecule has 0 N–H and O–H groups in total. The number of ether oxygens (including phenoxy) is 3. The summed E-state index contributed by atoms with van der Waals surface area (Å²) in [5.41, 5.74) is 0.663. The van der Waals surface area contributed by atoms with E-state index in [2.05, 4.69) is 18.0 Å². The van der Waals surface area contributed by atoms with Gasteiger partial charge in [-0.15, -0.1) is 0 Å². The van der Waals surface area contributed by atoms with Crippen LogP contribution in [0, 0.1) is 5.92 Å². The van der Waals surface area contributed by atoms with Gasteiger partial charge in [-0.25, -0.2) is 4.79 Å². The number of nitrogens with zero attached hydrogens (tertiary/aromatic N) is 1. The molecule has 3 aliphatic rings. The highest BCUT2D eigenvalue weighted by atomic mass is 35.5. The van der Waals surface area contributed by atoms with Crippen LogP contribution < -0.4 is 9.47 Å². The maximum atomic E-state index is 13.3. The number of hydrogen-bond acceptors (Lipinski definition) is 5. The zero-order chi connectivity index (χ0) is 24.4. The van der Waals surface area contributed by atoms with Gasteiger partial charge in [0, 0.05) is 29.9 Å². The summed E-state index contributed by atoms with van der Waals surface area (Å²) in [5.74, 6) is 0.532. The molecule has 0 saturated heterocycles. The zero-order valence-electron chi connectivity index (χ0n) is 19.0. The van der Waals surface area contributed by atoms with Crippen molar-refractivity contribution >= 4 is 17.6 Å². The van der Waals surface area contributed by atoms with Crippen molar-refractivity contribution in [3.63, 3.8) is 0 Å². The van der Waals surface area contributed by atoms with E-state index < -0.39 is 28.8 Å². The van der Waals surface area contributed by atoms with Gasteiger partial charge >= 0.3 is 12.1 Å². The number of carbonyl (C=O) groups excluding carboxylic acids is 1. The van der Waals surface area contributed by atoms with Crippen LogP contribution in [0.5, 0.6) is 11.5 Å². The lowest BCUT2D eigenvalue weighted by molar-refractivity contribution is -0.137. The van der Waals surface area contributed by atoms with E-state index in [0.29, 0.717) is 12.2 Å². The van der Waals surface area contributed by atoms with Crippen molar-refractivity contribution < 1.29 is 32.2 Å². The predicted octanol–water partition coefficient (Wildman–Crippen LogP) is 5.47. The second-order valence-corrected chi connectivity index (χ2v) is 9.83. The first-order chi connectivity index (χ1) is 16.1.